The van der Waals surface area contributed by atoms with E-state index in [0.29, 0.717) is 5.15 Å². The third kappa shape index (κ3) is 6.96. The van der Waals surface area contributed by atoms with Crippen molar-refractivity contribution < 1.29 is 24.3 Å². The van der Waals surface area contributed by atoms with Crippen LogP contribution in [0.4, 0.5) is 0 Å². The summed E-state index contributed by atoms with van der Waals surface area (Å²) in [6.45, 7) is 8.15. The minimum absolute atomic E-state index is 0.240. The first-order valence-corrected chi connectivity index (χ1v) is 11.8. The summed E-state index contributed by atoms with van der Waals surface area (Å²) in [5.74, 6) is 0.240. The number of benzene rings is 1. The molecule has 0 aliphatic heterocycles. The molecule has 0 aliphatic rings. The smallest absolute Gasteiger partial charge is 0.373 e. The van der Waals surface area contributed by atoms with Gasteiger partial charge in [-0.2, -0.15) is 29.4 Å². The summed E-state index contributed by atoms with van der Waals surface area (Å²) in [6, 6.07) is 14.7. The molecule has 5 rings (SSSR count). The first-order chi connectivity index (χ1) is 18.3. The van der Waals surface area contributed by atoms with E-state index in [9.17, 15) is 5.11 Å². The standard InChI is InChI=1S/C15H15N3O.C9H10ClN3.2CO2/c1-3-13-10(2)16-15-9-8-12(17-18(13)15)11-6-4-5-7-14(11)19;1-3-7-6(2)11-9-5-4-8(10)12-13(7)9;2*2-1-3/h4-9,19H,3H2,1-2H3;4-5H,3H2,1-2H3;;. The van der Waals surface area contributed by atoms with Crippen molar-refractivity contribution in [1.29, 1.82) is 0 Å². The minimum atomic E-state index is 0.240. The molecule has 0 bridgehead atoms. The third-order valence-electron chi connectivity index (χ3n) is 5.36. The molecule has 11 nitrogen and oxygen atoms in total. The lowest BCUT2D eigenvalue weighted by atomic mass is 10.1. The van der Waals surface area contributed by atoms with Gasteiger partial charge in [0.15, 0.2) is 11.3 Å². The highest BCUT2D eigenvalue weighted by atomic mass is 35.5. The molecule has 196 valence electrons. The molecule has 12 heteroatoms. The molecule has 0 amide bonds. The molecule has 0 radical (unpaired) electrons. The van der Waals surface area contributed by atoms with E-state index in [-0.39, 0.29) is 18.1 Å². The van der Waals surface area contributed by atoms with Crippen molar-refractivity contribution in [1.82, 2.24) is 29.2 Å². The number of para-hydroxylation sites is 1. The maximum Gasteiger partial charge on any atom is 0.373 e. The number of phenolic OH excluding ortho intramolecular Hbond substituents is 1. The zero-order valence-electron chi connectivity index (χ0n) is 21.2. The Kier molecular flexibility index (Phi) is 11.0. The van der Waals surface area contributed by atoms with Crippen LogP contribution in [-0.4, -0.2) is 46.6 Å². The fraction of sp³-hybridized carbons (Fsp3) is 0.231. The SMILES string of the molecule is CCc1c(C)nc2ccc(-c3ccccc3O)nn12.CCc1c(C)nc2ccc(Cl)nn12.O=C=O.O=C=O. The number of aryl methyl sites for hydroxylation is 4. The number of hydrogen-bond acceptors (Lipinski definition) is 9. The van der Waals surface area contributed by atoms with Crippen molar-refractivity contribution in [3.63, 3.8) is 0 Å². The van der Waals surface area contributed by atoms with Gasteiger partial charge < -0.3 is 5.11 Å². The second-order valence-corrected chi connectivity index (χ2v) is 7.98. The number of hydrogen-bond donors (Lipinski definition) is 1. The summed E-state index contributed by atoms with van der Waals surface area (Å²) in [7, 11) is 0. The van der Waals surface area contributed by atoms with Crippen LogP contribution in [-0.2, 0) is 32.0 Å². The van der Waals surface area contributed by atoms with Crippen molar-refractivity contribution in [3.05, 3.63) is 76.5 Å². The summed E-state index contributed by atoms with van der Waals surface area (Å²) in [5.41, 5.74) is 7.44. The van der Waals surface area contributed by atoms with Gasteiger partial charge >= 0.3 is 12.3 Å². The Hall–Kier alpha value is -4.69. The van der Waals surface area contributed by atoms with Gasteiger partial charge in [0, 0.05) is 5.56 Å². The molecular weight excluding hydrogens is 512 g/mol. The summed E-state index contributed by atoms with van der Waals surface area (Å²) in [5, 5.41) is 19.2. The normalized spacial score (nSPS) is 9.71. The van der Waals surface area contributed by atoms with Crippen LogP contribution in [0, 0.1) is 13.8 Å². The molecule has 38 heavy (non-hydrogen) atoms. The molecular formula is C26H25ClN6O5. The highest BCUT2D eigenvalue weighted by molar-refractivity contribution is 6.29. The Morgan fingerprint density at radius 2 is 1.24 bits per heavy atom. The van der Waals surface area contributed by atoms with Crippen LogP contribution in [0.15, 0.2) is 48.5 Å². The van der Waals surface area contributed by atoms with E-state index >= 15 is 0 Å². The fourth-order valence-electron chi connectivity index (χ4n) is 3.80. The summed E-state index contributed by atoms with van der Waals surface area (Å²) >= 11 is 5.80. The lowest BCUT2D eigenvalue weighted by Crippen LogP contribution is -1.99. The zero-order chi connectivity index (χ0) is 28.2. The Labute approximate surface area is 222 Å². The number of carbonyl (C=O) groups excluding carboxylic acids is 4. The van der Waals surface area contributed by atoms with E-state index in [1.54, 1.807) is 22.7 Å². The summed E-state index contributed by atoms with van der Waals surface area (Å²) in [4.78, 5) is 41.3. The molecule has 5 aromatic rings. The van der Waals surface area contributed by atoms with Gasteiger partial charge in [-0.1, -0.05) is 37.6 Å². The van der Waals surface area contributed by atoms with E-state index in [4.69, 9.17) is 30.8 Å². The van der Waals surface area contributed by atoms with Gasteiger partial charge in [-0.25, -0.2) is 19.0 Å². The second kappa shape index (κ2) is 14.2. The second-order valence-electron chi connectivity index (χ2n) is 7.59. The molecule has 0 unspecified atom stereocenters. The van der Waals surface area contributed by atoms with Crippen LogP contribution in [0.1, 0.15) is 36.6 Å². The average Bonchev–Trinajstić information content (AvgIpc) is 3.38. The number of aromatic hydroxyl groups is 1. The van der Waals surface area contributed by atoms with Gasteiger partial charge in [-0.15, -0.1) is 0 Å². The van der Waals surface area contributed by atoms with Gasteiger partial charge in [-0.3, -0.25) is 0 Å². The van der Waals surface area contributed by atoms with Gasteiger partial charge in [0.25, 0.3) is 0 Å². The number of rotatable bonds is 3. The predicted octanol–water partition coefficient (Wildman–Crippen LogP) is 4.06. The van der Waals surface area contributed by atoms with Crippen LogP contribution in [0.3, 0.4) is 0 Å². The topological polar surface area (TPSA) is 149 Å². The van der Waals surface area contributed by atoms with E-state index in [1.165, 1.54) is 0 Å². The van der Waals surface area contributed by atoms with Crippen molar-refractivity contribution in [3.8, 4) is 17.0 Å². The maximum absolute atomic E-state index is 9.90. The van der Waals surface area contributed by atoms with E-state index in [1.807, 2.05) is 48.7 Å². The van der Waals surface area contributed by atoms with E-state index in [2.05, 4.69) is 34.0 Å². The van der Waals surface area contributed by atoms with Gasteiger partial charge in [0.1, 0.15) is 10.9 Å². The third-order valence-corrected chi connectivity index (χ3v) is 5.56. The minimum Gasteiger partial charge on any atom is -0.507 e. The van der Waals surface area contributed by atoms with Crippen molar-refractivity contribution in [2.75, 3.05) is 0 Å². The highest BCUT2D eigenvalue weighted by Gasteiger charge is 2.11. The number of fused-ring (bicyclic) bond motifs is 2. The monoisotopic (exact) mass is 536 g/mol. The molecule has 0 atom stereocenters. The number of imidazole rings is 2. The number of nitrogens with zero attached hydrogens (tertiary/aromatic N) is 6. The predicted molar refractivity (Wildman–Crippen MR) is 136 cm³/mol. The van der Waals surface area contributed by atoms with Gasteiger partial charge in [-0.05, 0) is 63.1 Å². The molecule has 0 saturated heterocycles. The number of phenols is 1. The lowest BCUT2D eigenvalue weighted by Gasteiger charge is -2.05. The molecule has 4 aromatic heterocycles. The highest BCUT2D eigenvalue weighted by Crippen LogP contribution is 2.27. The summed E-state index contributed by atoms with van der Waals surface area (Å²) in [6.07, 6.45) is 2.30. The van der Waals surface area contributed by atoms with Crippen LogP contribution in [0.2, 0.25) is 5.15 Å². The van der Waals surface area contributed by atoms with Crippen molar-refractivity contribution in [2.45, 2.75) is 40.5 Å². The fourth-order valence-corrected chi connectivity index (χ4v) is 3.94. The van der Waals surface area contributed by atoms with Crippen LogP contribution < -0.4 is 0 Å². The van der Waals surface area contributed by atoms with Crippen LogP contribution >= 0.6 is 11.6 Å². The van der Waals surface area contributed by atoms with Gasteiger partial charge in [0.05, 0.1) is 28.5 Å². The number of halogens is 1. The largest absolute Gasteiger partial charge is 0.507 e. The molecule has 1 aromatic carbocycles. The summed E-state index contributed by atoms with van der Waals surface area (Å²) < 4.78 is 3.66. The van der Waals surface area contributed by atoms with Gasteiger partial charge in [0.2, 0.25) is 0 Å². The quantitative estimate of drug-likeness (QED) is 0.360. The first kappa shape index (κ1) is 29.5. The number of aromatic nitrogens is 6. The molecule has 1 N–H and O–H groups in total. The molecule has 4 heterocycles. The first-order valence-electron chi connectivity index (χ1n) is 11.4. The molecule has 0 aliphatic carbocycles. The molecule has 0 spiro atoms. The Morgan fingerprint density at radius 1 is 0.763 bits per heavy atom. The van der Waals surface area contributed by atoms with E-state index < -0.39 is 0 Å². The van der Waals surface area contributed by atoms with E-state index in [0.717, 1.165) is 58.2 Å². The molecule has 0 fully saturated rings. The van der Waals surface area contributed by atoms with Crippen molar-refractivity contribution in [2.24, 2.45) is 0 Å². The Bertz CT molecular complexity index is 1590. The van der Waals surface area contributed by atoms with Crippen LogP contribution in [0.5, 0.6) is 5.75 Å². The average molecular weight is 537 g/mol. The van der Waals surface area contributed by atoms with Crippen molar-refractivity contribution >= 4 is 35.2 Å². The Morgan fingerprint density at radius 3 is 1.74 bits per heavy atom. The maximum atomic E-state index is 9.90. The molecule has 0 saturated carbocycles. The Balaban J connectivity index is 0.000000231. The zero-order valence-corrected chi connectivity index (χ0v) is 21.9. The lowest BCUT2D eigenvalue weighted by molar-refractivity contribution is -0.193. The van der Waals surface area contributed by atoms with Crippen LogP contribution in [0.25, 0.3) is 22.6 Å².